The summed E-state index contributed by atoms with van der Waals surface area (Å²) in [5, 5.41) is 3.02. The molecule has 1 fully saturated rings. The van der Waals surface area contributed by atoms with Crippen LogP contribution in [0.1, 0.15) is 30.7 Å². The molecule has 1 aliphatic rings. The van der Waals surface area contributed by atoms with Crippen LogP contribution in [0.4, 0.5) is 0 Å². The molecule has 0 saturated heterocycles. The van der Waals surface area contributed by atoms with Gasteiger partial charge in [-0.15, -0.1) is 0 Å². The van der Waals surface area contributed by atoms with E-state index in [1.165, 1.54) is 19.3 Å². The molecule has 0 heterocycles. The summed E-state index contributed by atoms with van der Waals surface area (Å²) in [6.45, 7) is 1.17. The molecule has 0 aliphatic heterocycles. The van der Waals surface area contributed by atoms with Crippen LogP contribution in [0, 0.1) is 5.92 Å². The molecule has 3 heteroatoms. The molecule has 1 aromatic carbocycles. The van der Waals surface area contributed by atoms with Crippen molar-refractivity contribution < 1.29 is 4.79 Å². The number of carbonyl (C=O) groups is 1. The largest absolute Gasteiger partial charge is 0.355 e. The highest BCUT2D eigenvalue weighted by atomic mass is 16.1. The summed E-state index contributed by atoms with van der Waals surface area (Å²) in [5.41, 5.74) is 6.70. The lowest BCUT2D eigenvalue weighted by molar-refractivity contribution is -0.122. The Kier molecular flexibility index (Phi) is 4.15. The van der Waals surface area contributed by atoms with E-state index >= 15 is 0 Å². The minimum Gasteiger partial charge on any atom is -0.355 e. The number of hydrogen-bond acceptors (Lipinski definition) is 2. The van der Waals surface area contributed by atoms with Gasteiger partial charge in [0.1, 0.15) is 0 Å². The van der Waals surface area contributed by atoms with E-state index in [0.717, 1.165) is 12.1 Å². The van der Waals surface area contributed by atoms with Gasteiger partial charge in [-0.05, 0) is 24.3 Å². The lowest BCUT2D eigenvalue weighted by Crippen LogP contribution is -2.37. The van der Waals surface area contributed by atoms with E-state index in [9.17, 15) is 4.79 Å². The number of hydrogen-bond donors (Lipinski definition) is 2. The van der Waals surface area contributed by atoms with Crippen LogP contribution >= 0.6 is 0 Å². The van der Waals surface area contributed by atoms with Gasteiger partial charge < -0.3 is 11.1 Å². The summed E-state index contributed by atoms with van der Waals surface area (Å²) in [6, 6.07) is 9.75. The molecule has 1 atom stereocenters. The van der Waals surface area contributed by atoms with Crippen molar-refractivity contribution in [3.05, 3.63) is 35.9 Å². The van der Waals surface area contributed by atoms with E-state index in [-0.39, 0.29) is 11.8 Å². The molecule has 0 aromatic heterocycles. The molecule has 3 N–H and O–H groups in total. The average Bonchev–Trinajstić information content (AvgIpc) is 2.29. The number of nitrogens with two attached hydrogens (primary N) is 1. The van der Waals surface area contributed by atoms with Crippen molar-refractivity contribution in [3.8, 4) is 0 Å². The van der Waals surface area contributed by atoms with Crippen molar-refractivity contribution in [3.63, 3.8) is 0 Å². The maximum absolute atomic E-state index is 12.0. The van der Waals surface area contributed by atoms with Gasteiger partial charge in [0.25, 0.3) is 0 Å². The molecule has 3 nitrogen and oxygen atoms in total. The summed E-state index contributed by atoms with van der Waals surface area (Å²) in [6.07, 6.45) is 3.80. The minimum absolute atomic E-state index is 0.0607. The topological polar surface area (TPSA) is 55.1 Å². The van der Waals surface area contributed by atoms with Crippen LogP contribution in [-0.2, 0) is 4.79 Å². The van der Waals surface area contributed by atoms with Crippen molar-refractivity contribution in [1.29, 1.82) is 0 Å². The van der Waals surface area contributed by atoms with Crippen LogP contribution in [-0.4, -0.2) is 19.0 Å². The highest BCUT2D eigenvalue weighted by Crippen LogP contribution is 2.25. The van der Waals surface area contributed by atoms with E-state index in [4.69, 9.17) is 5.73 Å². The van der Waals surface area contributed by atoms with Crippen molar-refractivity contribution in [2.75, 3.05) is 13.1 Å². The van der Waals surface area contributed by atoms with Gasteiger partial charge in [-0.1, -0.05) is 36.8 Å². The fourth-order valence-corrected chi connectivity index (χ4v) is 2.14. The zero-order chi connectivity index (χ0) is 12.1. The quantitative estimate of drug-likeness (QED) is 0.811. The summed E-state index contributed by atoms with van der Waals surface area (Å²) in [5.74, 6) is 0.537. The fraction of sp³-hybridized carbons (Fsp3) is 0.500. The number of rotatable bonds is 5. The summed E-state index contributed by atoms with van der Waals surface area (Å²) >= 11 is 0. The molecule has 0 bridgehead atoms. The molecule has 1 unspecified atom stereocenters. The molecule has 0 radical (unpaired) electrons. The fourth-order valence-electron chi connectivity index (χ4n) is 2.14. The predicted octanol–water partition coefficient (Wildman–Crippen LogP) is 1.65. The zero-order valence-electron chi connectivity index (χ0n) is 10.1. The maximum atomic E-state index is 12.0. The monoisotopic (exact) mass is 232 g/mol. The second kappa shape index (κ2) is 5.82. The Morgan fingerprint density at radius 2 is 2.06 bits per heavy atom. The van der Waals surface area contributed by atoms with Crippen molar-refractivity contribution in [2.45, 2.75) is 25.2 Å². The maximum Gasteiger partial charge on any atom is 0.228 e. The number of amides is 1. The Bertz CT molecular complexity index is 360. The Balaban J connectivity index is 1.90. The Labute approximate surface area is 102 Å². The third-order valence-electron chi connectivity index (χ3n) is 3.54. The Hall–Kier alpha value is -1.35. The van der Waals surface area contributed by atoms with E-state index in [0.29, 0.717) is 12.5 Å². The van der Waals surface area contributed by atoms with E-state index < -0.39 is 0 Å². The van der Waals surface area contributed by atoms with Gasteiger partial charge >= 0.3 is 0 Å². The van der Waals surface area contributed by atoms with Gasteiger partial charge in [0, 0.05) is 13.1 Å². The first-order valence-corrected chi connectivity index (χ1v) is 6.34. The summed E-state index contributed by atoms with van der Waals surface area (Å²) < 4.78 is 0. The summed E-state index contributed by atoms with van der Waals surface area (Å²) in [7, 11) is 0. The van der Waals surface area contributed by atoms with Crippen molar-refractivity contribution in [1.82, 2.24) is 5.32 Å². The molecule has 1 aromatic rings. The van der Waals surface area contributed by atoms with Crippen molar-refractivity contribution >= 4 is 5.91 Å². The van der Waals surface area contributed by atoms with E-state index in [1.54, 1.807) is 0 Å². The lowest BCUT2D eigenvalue weighted by Gasteiger charge is -2.26. The zero-order valence-corrected chi connectivity index (χ0v) is 10.1. The van der Waals surface area contributed by atoms with Gasteiger partial charge in [0.05, 0.1) is 5.92 Å². The average molecular weight is 232 g/mol. The molecule has 1 aliphatic carbocycles. The second-order valence-corrected chi connectivity index (χ2v) is 4.74. The van der Waals surface area contributed by atoms with Crippen LogP contribution in [0.2, 0.25) is 0 Å². The molecular formula is C14H20N2O. The normalized spacial score (nSPS) is 17.2. The van der Waals surface area contributed by atoms with E-state index in [2.05, 4.69) is 5.32 Å². The lowest BCUT2D eigenvalue weighted by atomic mass is 9.85. The predicted molar refractivity (Wildman–Crippen MR) is 68.6 cm³/mol. The van der Waals surface area contributed by atoms with Crippen LogP contribution in [0.5, 0.6) is 0 Å². The van der Waals surface area contributed by atoms with Gasteiger partial charge in [-0.2, -0.15) is 0 Å². The van der Waals surface area contributed by atoms with Crippen molar-refractivity contribution in [2.24, 2.45) is 11.7 Å². The van der Waals surface area contributed by atoms with Gasteiger partial charge in [-0.3, -0.25) is 4.79 Å². The number of nitrogens with one attached hydrogen (secondary N) is 1. The van der Waals surface area contributed by atoms with Gasteiger partial charge in [-0.25, -0.2) is 0 Å². The number of benzene rings is 1. The molecule has 1 amide bonds. The first kappa shape index (κ1) is 12.1. The van der Waals surface area contributed by atoms with Crippen LogP contribution in [0.15, 0.2) is 30.3 Å². The molecule has 1 saturated carbocycles. The van der Waals surface area contributed by atoms with Crippen LogP contribution in [0.3, 0.4) is 0 Å². The SMILES string of the molecule is NCC(C(=O)NCC1CCC1)c1ccccc1. The third-order valence-corrected chi connectivity index (χ3v) is 3.54. The van der Waals surface area contributed by atoms with Gasteiger partial charge in [0.2, 0.25) is 5.91 Å². The van der Waals surface area contributed by atoms with Crippen LogP contribution in [0.25, 0.3) is 0 Å². The first-order chi connectivity index (χ1) is 8.31. The first-order valence-electron chi connectivity index (χ1n) is 6.34. The highest BCUT2D eigenvalue weighted by Gasteiger charge is 2.22. The molecular weight excluding hydrogens is 212 g/mol. The molecule has 0 spiro atoms. The minimum atomic E-state index is -0.212. The molecule has 17 heavy (non-hydrogen) atoms. The Morgan fingerprint density at radius 3 is 2.59 bits per heavy atom. The van der Waals surface area contributed by atoms with E-state index in [1.807, 2.05) is 30.3 Å². The number of carbonyl (C=O) groups excluding carboxylic acids is 1. The molecule has 2 rings (SSSR count). The standard InChI is InChI=1S/C14H20N2O/c15-9-13(12-7-2-1-3-8-12)14(17)16-10-11-5-4-6-11/h1-3,7-8,11,13H,4-6,9-10,15H2,(H,16,17). The van der Waals surface area contributed by atoms with Gasteiger partial charge in [0.15, 0.2) is 0 Å². The Morgan fingerprint density at radius 1 is 1.35 bits per heavy atom. The smallest absolute Gasteiger partial charge is 0.228 e. The third kappa shape index (κ3) is 3.07. The second-order valence-electron chi connectivity index (χ2n) is 4.74. The summed E-state index contributed by atoms with van der Waals surface area (Å²) in [4.78, 5) is 12.0. The highest BCUT2D eigenvalue weighted by molar-refractivity contribution is 5.83. The molecule has 92 valence electrons. The van der Waals surface area contributed by atoms with Crippen LogP contribution < -0.4 is 11.1 Å².